The largest absolute Gasteiger partial charge is 0.379 e. The number of hydrogen-bond donors (Lipinski definition) is 1. The Hall–Kier alpha value is -0.650. The average molecular weight is 269 g/mol. The standard InChI is InChI=1S/C14H27N3O2/c1-4-12-15-13(11(2)3)14(18)17(12)6-5-16-7-9-19-10-8-16/h11-13,15H,4-10H2,1-3H3. The molecule has 0 bridgehead atoms. The fourth-order valence-corrected chi connectivity index (χ4v) is 2.86. The maximum Gasteiger partial charge on any atom is 0.241 e. The highest BCUT2D eigenvalue weighted by atomic mass is 16.5. The van der Waals surface area contributed by atoms with Gasteiger partial charge in [0.2, 0.25) is 5.91 Å². The first-order valence-corrected chi connectivity index (χ1v) is 7.50. The maximum absolute atomic E-state index is 12.4. The van der Waals surface area contributed by atoms with E-state index in [-0.39, 0.29) is 18.1 Å². The maximum atomic E-state index is 12.4. The van der Waals surface area contributed by atoms with Crippen molar-refractivity contribution in [3.63, 3.8) is 0 Å². The second kappa shape index (κ2) is 6.68. The summed E-state index contributed by atoms with van der Waals surface area (Å²) in [4.78, 5) is 16.8. The molecule has 2 saturated heterocycles. The zero-order valence-corrected chi connectivity index (χ0v) is 12.4. The third-order valence-electron chi connectivity index (χ3n) is 4.11. The Balaban J connectivity index is 1.88. The summed E-state index contributed by atoms with van der Waals surface area (Å²) in [5, 5.41) is 3.46. The van der Waals surface area contributed by atoms with Gasteiger partial charge in [0.25, 0.3) is 0 Å². The predicted molar refractivity (Wildman–Crippen MR) is 74.8 cm³/mol. The van der Waals surface area contributed by atoms with Crippen molar-refractivity contribution in [3.05, 3.63) is 0 Å². The molecule has 2 heterocycles. The lowest BCUT2D eigenvalue weighted by molar-refractivity contribution is -0.131. The van der Waals surface area contributed by atoms with E-state index in [4.69, 9.17) is 4.74 Å². The Labute approximate surface area is 116 Å². The Morgan fingerprint density at radius 2 is 2.00 bits per heavy atom. The van der Waals surface area contributed by atoms with Crippen LogP contribution >= 0.6 is 0 Å². The first-order chi connectivity index (χ1) is 9.13. The number of rotatable bonds is 5. The van der Waals surface area contributed by atoms with Crippen LogP contribution in [0.4, 0.5) is 0 Å². The predicted octanol–water partition coefficient (Wildman–Crippen LogP) is 0.511. The summed E-state index contributed by atoms with van der Waals surface area (Å²) >= 11 is 0. The summed E-state index contributed by atoms with van der Waals surface area (Å²) in [5.41, 5.74) is 0. The monoisotopic (exact) mass is 269 g/mol. The average Bonchev–Trinajstić information content (AvgIpc) is 2.74. The van der Waals surface area contributed by atoms with Crippen molar-refractivity contribution >= 4 is 5.91 Å². The fraction of sp³-hybridized carbons (Fsp3) is 0.929. The minimum absolute atomic E-state index is 0.00496. The van der Waals surface area contributed by atoms with Gasteiger partial charge in [-0.3, -0.25) is 15.0 Å². The highest BCUT2D eigenvalue weighted by Crippen LogP contribution is 2.18. The van der Waals surface area contributed by atoms with Crippen molar-refractivity contribution in [2.75, 3.05) is 39.4 Å². The molecule has 110 valence electrons. The number of carbonyl (C=O) groups is 1. The molecule has 0 aliphatic carbocycles. The lowest BCUT2D eigenvalue weighted by Crippen LogP contribution is -2.45. The molecule has 5 heteroatoms. The topological polar surface area (TPSA) is 44.8 Å². The van der Waals surface area contributed by atoms with Crippen LogP contribution < -0.4 is 5.32 Å². The Bertz CT molecular complexity index is 303. The molecule has 2 aliphatic rings. The van der Waals surface area contributed by atoms with Crippen LogP contribution in [0.2, 0.25) is 0 Å². The van der Waals surface area contributed by atoms with Crippen LogP contribution in [0, 0.1) is 5.92 Å². The van der Waals surface area contributed by atoms with Crippen molar-refractivity contribution in [1.82, 2.24) is 15.1 Å². The lowest BCUT2D eigenvalue weighted by Gasteiger charge is -2.30. The molecule has 2 aliphatic heterocycles. The molecule has 5 nitrogen and oxygen atoms in total. The van der Waals surface area contributed by atoms with Gasteiger partial charge in [-0.05, 0) is 12.3 Å². The zero-order chi connectivity index (χ0) is 13.8. The summed E-state index contributed by atoms with van der Waals surface area (Å²) in [6, 6.07) is -0.00496. The Morgan fingerprint density at radius 3 is 2.58 bits per heavy atom. The van der Waals surface area contributed by atoms with Gasteiger partial charge in [-0.15, -0.1) is 0 Å². The Kier molecular flexibility index (Phi) is 5.19. The van der Waals surface area contributed by atoms with Crippen molar-refractivity contribution in [2.45, 2.75) is 39.4 Å². The molecular formula is C14H27N3O2. The molecule has 1 N–H and O–H groups in total. The molecule has 0 aromatic rings. The molecule has 2 atom stereocenters. The Morgan fingerprint density at radius 1 is 1.32 bits per heavy atom. The van der Waals surface area contributed by atoms with Crippen LogP contribution in [-0.2, 0) is 9.53 Å². The van der Waals surface area contributed by atoms with Gasteiger partial charge in [-0.25, -0.2) is 0 Å². The lowest BCUT2D eigenvalue weighted by atomic mass is 10.1. The molecule has 0 aromatic carbocycles. The van der Waals surface area contributed by atoms with Gasteiger partial charge >= 0.3 is 0 Å². The van der Waals surface area contributed by atoms with Crippen LogP contribution in [0.5, 0.6) is 0 Å². The minimum atomic E-state index is -0.00496. The van der Waals surface area contributed by atoms with E-state index in [0.29, 0.717) is 5.92 Å². The molecule has 0 radical (unpaired) electrons. The molecule has 19 heavy (non-hydrogen) atoms. The summed E-state index contributed by atoms with van der Waals surface area (Å²) in [6.07, 6.45) is 1.18. The smallest absolute Gasteiger partial charge is 0.241 e. The zero-order valence-electron chi connectivity index (χ0n) is 12.4. The minimum Gasteiger partial charge on any atom is -0.379 e. The van der Waals surface area contributed by atoms with Gasteiger partial charge in [0, 0.05) is 26.2 Å². The second-order valence-corrected chi connectivity index (χ2v) is 5.80. The van der Waals surface area contributed by atoms with Gasteiger partial charge in [-0.1, -0.05) is 20.8 Å². The van der Waals surface area contributed by atoms with E-state index >= 15 is 0 Å². The van der Waals surface area contributed by atoms with E-state index in [9.17, 15) is 4.79 Å². The SMILES string of the molecule is CCC1NC(C(C)C)C(=O)N1CCN1CCOCC1. The quantitative estimate of drug-likeness (QED) is 0.790. The molecule has 1 amide bonds. The number of carbonyl (C=O) groups excluding carboxylic acids is 1. The molecular weight excluding hydrogens is 242 g/mol. The van der Waals surface area contributed by atoms with Crippen LogP contribution in [0.15, 0.2) is 0 Å². The second-order valence-electron chi connectivity index (χ2n) is 5.80. The normalized spacial score (nSPS) is 29.5. The third-order valence-corrected chi connectivity index (χ3v) is 4.11. The highest BCUT2D eigenvalue weighted by Gasteiger charge is 2.39. The summed E-state index contributed by atoms with van der Waals surface area (Å²) in [5.74, 6) is 0.630. The molecule has 0 spiro atoms. The molecule has 0 saturated carbocycles. The number of morpholine rings is 1. The first kappa shape index (κ1) is 14.8. The van der Waals surface area contributed by atoms with E-state index in [1.54, 1.807) is 0 Å². The summed E-state index contributed by atoms with van der Waals surface area (Å²) < 4.78 is 5.35. The molecule has 0 aromatic heterocycles. The van der Waals surface area contributed by atoms with Crippen LogP contribution in [0.25, 0.3) is 0 Å². The van der Waals surface area contributed by atoms with Gasteiger partial charge in [0.15, 0.2) is 0 Å². The van der Waals surface area contributed by atoms with Crippen molar-refractivity contribution < 1.29 is 9.53 Å². The van der Waals surface area contributed by atoms with Crippen molar-refractivity contribution in [3.8, 4) is 0 Å². The number of hydrogen-bond acceptors (Lipinski definition) is 4. The molecule has 2 rings (SSSR count). The van der Waals surface area contributed by atoms with E-state index in [2.05, 4.69) is 31.0 Å². The van der Waals surface area contributed by atoms with Crippen LogP contribution in [0.3, 0.4) is 0 Å². The number of nitrogens with one attached hydrogen (secondary N) is 1. The number of nitrogens with zero attached hydrogens (tertiary/aromatic N) is 2. The highest BCUT2D eigenvalue weighted by molar-refractivity contribution is 5.84. The van der Waals surface area contributed by atoms with Crippen molar-refractivity contribution in [1.29, 1.82) is 0 Å². The van der Waals surface area contributed by atoms with Gasteiger partial charge < -0.3 is 9.64 Å². The number of ether oxygens (including phenoxy) is 1. The van der Waals surface area contributed by atoms with Crippen LogP contribution in [0.1, 0.15) is 27.2 Å². The van der Waals surface area contributed by atoms with E-state index < -0.39 is 0 Å². The third kappa shape index (κ3) is 3.46. The molecule has 2 fully saturated rings. The van der Waals surface area contributed by atoms with E-state index in [0.717, 1.165) is 45.8 Å². The van der Waals surface area contributed by atoms with E-state index in [1.165, 1.54) is 0 Å². The van der Waals surface area contributed by atoms with Gasteiger partial charge in [-0.2, -0.15) is 0 Å². The molecule has 2 unspecified atom stereocenters. The number of amides is 1. The van der Waals surface area contributed by atoms with Gasteiger partial charge in [0.1, 0.15) is 0 Å². The first-order valence-electron chi connectivity index (χ1n) is 7.50. The summed E-state index contributed by atoms with van der Waals surface area (Å²) in [6.45, 7) is 11.7. The summed E-state index contributed by atoms with van der Waals surface area (Å²) in [7, 11) is 0. The van der Waals surface area contributed by atoms with E-state index in [1.807, 2.05) is 4.90 Å². The van der Waals surface area contributed by atoms with Crippen LogP contribution in [-0.4, -0.2) is 67.3 Å². The van der Waals surface area contributed by atoms with Gasteiger partial charge in [0.05, 0.1) is 25.4 Å². The van der Waals surface area contributed by atoms with Crippen molar-refractivity contribution in [2.24, 2.45) is 5.92 Å². The fourth-order valence-electron chi connectivity index (χ4n) is 2.86.